The van der Waals surface area contributed by atoms with Crippen LogP contribution in [0.25, 0.3) is 0 Å². The molecule has 3 heteroatoms. The molecule has 60 valence electrons. The fraction of sp³-hybridized carbons (Fsp3) is 0.125. The van der Waals surface area contributed by atoms with Gasteiger partial charge in [-0.25, -0.2) is 4.79 Å². The molecular formula is C8H10O2S. The highest BCUT2D eigenvalue weighted by Crippen LogP contribution is 2.06. The average Bonchev–Trinajstić information content (AvgIpc) is 2.38. The third-order valence-electron chi connectivity index (χ3n) is 0.732. The zero-order valence-corrected chi connectivity index (χ0v) is 7.10. The van der Waals surface area contributed by atoms with Crippen LogP contribution in [0.2, 0.25) is 0 Å². The molecule has 0 fully saturated rings. The van der Waals surface area contributed by atoms with E-state index in [-0.39, 0.29) is 0 Å². The Morgan fingerprint density at radius 2 is 2.36 bits per heavy atom. The van der Waals surface area contributed by atoms with Crippen LogP contribution in [-0.4, -0.2) is 11.1 Å². The van der Waals surface area contributed by atoms with E-state index in [1.54, 1.807) is 23.6 Å². The number of hydrogen-bond donors (Lipinski definition) is 1. The van der Waals surface area contributed by atoms with Crippen molar-refractivity contribution in [1.82, 2.24) is 0 Å². The van der Waals surface area contributed by atoms with Crippen molar-refractivity contribution in [1.29, 1.82) is 0 Å². The summed E-state index contributed by atoms with van der Waals surface area (Å²) in [5.41, 5.74) is 0. The van der Waals surface area contributed by atoms with E-state index in [0.29, 0.717) is 4.88 Å². The molecule has 0 saturated carbocycles. The summed E-state index contributed by atoms with van der Waals surface area (Å²) < 4.78 is 0. The van der Waals surface area contributed by atoms with Crippen molar-refractivity contribution in [3.8, 4) is 0 Å². The fourth-order valence-electron chi connectivity index (χ4n) is 0.400. The molecule has 0 spiro atoms. The van der Waals surface area contributed by atoms with E-state index in [1.807, 2.05) is 6.92 Å². The van der Waals surface area contributed by atoms with Gasteiger partial charge in [-0.1, -0.05) is 12.1 Å². The maximum absolute atomic E-state index is 10.1. The lowest BCUT2D eigenvalue weighted by Gasteiger charge is -1.78. The topological polar surface area (TPSA) is 37.3 Å². The summed E-state index contributed by atoms with van der Waals surface area (Å²) in [6.07, 6.45) is 1.75. The first kappa shape index (κ1) is 9.91. The number of aromatic carboxylic acids is 1. The average molecular weight is 170 g/mol. The second-order valence-corrected chi connectivity index (χ2v) is 2.64. The van der Waals surface area contributed by atoms with Crippen LogP contribution in [-0.2, 0) is 0 Å². The first-order valence-corrected chi connectivity index (χ1v) is 3.94. The molecule has 0 radical (unpaired) electrons. The molecule has 0 atom stereocenters. The van der Waals surface area contributed by atoms with Crippen molar-refractivity contribution in [2.75, 3.05) is 0 Å². The first-order valence-electron chi connectivity index (χ1n) is 3.06. The molecular weight excluding hydrogens is 160 g/mol. The zero-order valence-electron chi connectivity index (χ0n) is 6.28. The lowest BCUT2D eigenvalue weighted by atomic mass is 10.5. The molecule has 0 bridgehead atoms. The fourth-order valence-corrected chi connectivity index (χ4v) is 0.962. The van der Waals surface area contributed by atoms with Crippen LogP contribution in [0.1, 0.15) is 16.6 Å². The van der Waals surface area contributed by atoms with Gasteiger partial charge in [0.2, 0.25) is 0 Å². The van der Waals surface area contributed by atoms with Gasteiger partial charge in [0.15, 0.2) is 0 Å². The maximum atomic E-state index is 10.1. The van der Waals surface area contributed by atoms with Crippen LogP contribution < -0.4 is 0 Å². The Morgan fingerprint density at radius 3 is 2.55 bits per heavy atom. The zero-order chi connectivity index (χ0) is 8.69. The molecule has 0 amide bonds. The van der Waals surface area contributed by atoms with E-state index in [1.165, 1.54) is 11.3 Å². The van der Waals surface area contributed by atoms with Gasteiger partial charge in [0, 0.05) is 0 Å². The first-order chi connectivity index (χ1) is 5.22. The molecule has 0 aliphatic rings. The SMILES string of the molecule is C=CC.O=C(O)c1cccs1. The predicted molar refractivity (Wildman–Crippen MR) is 47.1 cm³/mol. The van der Waals surface area contributed by atoms with Crippen LogP contribution in [0.3, 0.4) is 0 Å². The highest BCUT2D eigenvalue weighted by molar-refractivity contribution is 7.11. The van der Waals surface area contributed by atoms with E-state index in [2.05, 4.69) is 6.58 Å². The number of thiophene rings is 1. The van der Waals surface area contributed by atoms with Crippen LogP contribution in [0.15, 0.2) is 30.2 Å². The summed E-state index contributed by atoms with van der Waals surface area (Å²) in [4.78, 5) is 10.5. The van der Waals surface area contributed by atoms with Gasteiger partial charge in [-0.05, 0) is 18.4 Å². The third kappa shape index (κ3) is 4.33. The van der Waals surface area contributed by atoms with Crippen molar-refractivity contribution in [2.45, 2.75) is 6.92 Å². The monoisotopic (exact) mass is 170 g/mol. The molecule has 11 heavy (non-hydrogen) atoms. The van der Waals surface area contributed by atoms with Crippen LogP contribution in [0, 0.1) is 0 Å². The van der Waals surface area contributed by atoms with Gasteiger partial charge in [0.25, 0.3) is 0 Å². The van der Waals surface area contributed by atoms with Crippen molar-refractivity contribution in [3.63, 3.8) is 0 Å². The summed E-state index contributed by atoms with van der Waals surface area (Å²) in [6.45, 7) is 5.25. The smallest absolute Gasteiger partial charge is 0.345 e. The number of carboxylic acid groups (broad SMARTS) is 1. The van der Waals surface area contributed by atoms with Crippen molar-refractivity contribution < 1.29 is 9.90 Å². The number of rotatable bonds is 1. The Hall–Kier alpha value is -1.09. The molecule has 0 aliphatic heterocycles. The Kier molecular flexibility index (Phi) is 5.11. The minimum atomic E-state index is -0.847. The van der Waals surface area contributed by atoms with Crippen LogP contribution in [0.5, 0.6) is 0 Å². The van der Waals surface area contributed by atoms with Gasteiger partial charge in [0.1, 0.15) is 4.88 Å². The summed E-state index contributed by atoms with van der Waals surface area (Å²) in [5.74, 6) is -0.847. The summed E-state index contributed by atoms with van der Waals surface area (Å²) in [5, 5.41) is 10.0. The molecule has 1 rings (SSSR count). The molecule has 1 heterocycles. The Morgan fingerprint density at radius 1 is 1.82 bits per heavy atom. The molecule has 1 aromatic heterocycles. The molecule has 0 unspecified atom stereocenters. The van der Waals surface area contributed by atoms with Crippen molar-refractivity contribution in [2.24, 2.45) is 0 Å². The maximum Gasteiger partial charge on any atom is 0.345 e. The van der Waals surface area contributed by atoms with E-state index >= 15 is 0 Å². The number of allylic oxidation sites excluding steroid dienone is 1. The molecule has 1 aromatic rings. The Bertz CT molecular complexity index is 214. The minimum Gasteiger partial charge on any atom is -0.477 e. The molecule has 1 N–H and O–H groups in total. The van der Waals surface area contributed by atoms with Crippen LogP contribution in [0.4, 0.5) is 0 Å². The van der Waals surface area contributed by atoms with Gasteiger partial charge in [-0.2, -0.15) is 0 Å². The Balaban J connectivity index is 0.000000292. The second-order valence-electron chi connectivity index (χ2n) is 1.69. The quantitative estimate of drug-likeness (QED) is 0.658. The number of carbonyl (C=O) groups is 1. The normalized spacial score (nSPS) is 7.73. The van der Waals surface area contributed by atoms with Crippen LogP contribution >= 0.6 is 11.3 Å². The van der Waals surface area contributed by atoms with Crippen molar-refractivity contribution in [3.05, 3.63) is 35.0 Å². The largest absolute Gasteiger partial charge is 0.477 e. The number of carboxylic acids is 1. The van der Waals surface area contributed by atoms with Gasteiger partial charge < -0.3 is 5.11 Å². The third-order valence-corrected chi connectivity index (χ3v) is 1.59. The molecule has 0 aromatic carbocycles. The highest BCUT2D eigenvalue weighted by Gasteiger charge is 1.99. The van der Waals surface area contributed by atoms with Gasteiger partial charge in [0.05, 0.1) is 0 Å². The summed E-state index contributed by atoms with van der Waals surface area (Å²) in [6, 6.07) is 3.29. The standard InChI is InChI=1S/C5H4O2S.C3H6/c6-5(7)4-2-1-3-8-4;1-3-2/h1-3H,(H,6,7);3H,1H2,2H3. The van der Waals surface area contributed by atoms with Crippen molar-refractivity contribution >= 4 is 17.3 Å². The molecule has 2 nitrogen and oxygen atoms in total. The number of hydrogen-bond acceptors (Lipinski definition) is 2. The Labute approximate surface area is 69.8 Å². The lowest BCUT2D eigenvalue weighted by molar-refractivity contribution is 0.0702. The lowest BCUT2D eigenvalue weighted by Crippen LogP contribution is -1.89. The van der Waals surface area contributed by atoms with Gasteiger partial charge >= 0.3 is 5.97 Å². The van der Waals surface area contributed by atoms with E-state index in [9.17, 15) is 4.79 Å². The van der Waals surface area contributed by atoms with E-state index in [4.69, 9.17) is 5.11 Å². The second kappa shape index (κ2) is 5.68. The summed E-state index contributed by atoms with van der Waals surface area (Å²) in [7, 11) is 0. The van der Waals surface area contributed by atoms with E-state index < -0.39 is 5.97 Å². The van der Waals surface area contributed by atoms with Gasteiger partial charge in [-0.15, -0.1) is 17.9 Å². The molecule has 0 saturated heterocycles. The van der Waals surface area contributed by atoms with Gasteiger partial charge in [-0.3, -0.25) is 0 Å². The predicted octanol–water partition coefficient (Wildman–Crippen LogP) is 2.64. The highest BCUT2D eigenvalue weighted by atomic mass is 32.1. The van der Waals surface area contributed by atoms with E-state index in [0.717, 1.165) is 0 Å². The summed E-state index contributed by atoms with van der Waals surface area (Å²) >= 11 is 1.23. The molecule has 0 aliphatic carbocycles. The minimum absolute atomic E-state index is 0.394.